The Morgan fingerprint density at radius 1 is 0.821 bits per heavy atom. The van der Waals surface area contributed by atoms with E-state index in [1.807, 2.05) is 0 Å². The van der Waals surface area contributed by atoms with E-state index in [4.69, 9.17) is 11.5 Å². The molecule has 4 N–H and O–H groups in total. The van der Waals surface area contributed by atoms with E-state index < -0.39 is 40.4 Å². The van der Waals surface area contributed by atoms with Gasteiger partial charge in [-0.25, -0.2) is 9.37 Å². The predicted molar refractivity (Wildman–Crippen MR) is 88.5 cm³/mol. The molecule has 3 rings (SSSR count). The second kappa shape index (κ2) is 6.21. The Balaban J connectivity index is 2.39. The largest absolute Gasteiger partial charge is 0.416 e. The first-order valence-electron chi connectivity index (χ1n) is 7.60. The van der Waals surface area contributed by atoms with Gasteiger partial charge in [0, 0.05) is 17.0 Å². The lowest BCUT2D eigenvalue weighted by Gasteiger charge is -2.17. The molecule has 2 aromatic carbocycles. The van der Waals surface area contributed by atoms with E-state index in [2.05, 4.69) is 9.97 Å². The molecule has 11 heteroatoms. The molecule has 0 bridgehead atoms. The van der Waals surface area contributed by atoms with E-state index in [0.29, 0.717) is 12.1 Å². The van der Waals surface area contributed by atoms with Crippen molar-refractivity contribution < 1.29 is 30.7 Å². The summed E-state index contributed by atoms with van der Waals surface area (Å²) < 4.78 is 93.3. The van der Waals surface area contributed by atoms with Gasteiger partial charge >= 0.3 is 12.4 Å². The summed E-state index contributed by atoms with van der Waals surface area (Å²) in [6.45, 7) is 1.30. The molecule has 28 heavy (non-hydrogen) atoms. The first-order valence-corrected chi connectivity index (χ1v) is 7.60. The lowest BCUT2D eigenvalue weighted by Crippen LogP contribution is -2.11. The summed E-state index contributed by atoms with van der Waals surface area (Å²) in [5.41, 5.74) is 6.95. The van der Waals surface area contributed by atoms with E-state index in [1.165, 1.54) is 6.92 Å². The smallest absolute Gasteiger partial charge is 0.383 e. The first kappa shape index (κ1) is 19.6. The van der Waals surface area contributed by atoms with Crippen LogP contribution in [0.1, 0.15) is 16.7 Å². The highest BCUT2D eigenvalue weighted by Gasteiger charge is 2.37. The summed E-state index contributed by atoms with van der Waals surface area (Å²) in [6.07, 6.45) is -10.1. The zero-order valence-electron chi connectivity index (χ0n) is 14.0. The van der Waals surface area contributed by atoms with Crippen molar-refractivity contribution in [3.05, 3.63) is 46.8 Å². The summed E-state index contributed by atoms with van der Waals surface area (Å²) in [6, 6.07) is 1.69. The maximum absolute atomic E-state index is 14.7. The lowest BCUT2D eigenvalue weighted by molar-refractivity contribution is -0.143. The topological polar surface area (TPSA) is 77.8 Å². The molecule has 0 amide bonds. The van der Waals surface area contributed by atoms with Gasteiger partial charge in [0.25, 0.3) is 0 Å². The van der Waals surface area contributed by atoms with Crippen LogP contribution in [-0.2, 0) is 12.4 Å². The second-order valence-electron chi connectivity index (χ2n) is 6.01. The van der Waals surface area contributed by atoms with Crippen LogP contribution in [0.5, 0.6) is 0 Å². The number of hydrogen-bond donors (Lipinski definition) is 2. The molecule has 0 radical (unpaired) electrons. The number of fused-ring (bicyclic) bond motifs is 1. The third-order valence-electron chi connectivity index (χ3n) is 4.11. The number of anilines is 2. The molecule has 0 atom stereocenters. The van der Waals surface area contributed by atoms with Crippen LogP contribution < -0.4 is 11.5 Å². The van der Waals surface area contributed by atoms with Gasteiger partial charge in [-0.15, -0.1) is 0 Å². The average Bonchev–Trinajstić information content (AvgIpc) is 2.51. The average molecular weight is 404 g/mol. The standard InChI is InChI=1S/C17H11F7N4/c1-6-12(10(18)5-11-13(6)14(25)28-15(26)27-11)7-2-8(16(19,20)21)4-9(3-7)17(22,23)24/h2-5H,1H3,(H4,25,26,27,28). The van der Waals surface area contributed by atoms with Gasteiger partial charge in [-0.05, 0) is 36.2 Å². The normalized spacial score (nSPS) is 12.6. The molecule has 0 aliphatic heterocycles. The van der Waals surface area contributed by atoms with E-state index >= 15 is 0 Å². The number of hydrogen-bond acceptors (Lipinski definition) is 4. The van der Waals surface area contributed by atoms with Crippen LogP contribution in [0.4, 0.5) is 42.5 Å². The SMILES string of the molecule is Cc1c(-c2cc(C(F)(F)F)cc(C(F)(F)F)c2)c(F)cc2nc(N)nc(N)c12. The van der Waals surface area contributed by atoms with Crippen molar-refractivity contribution in [1.29, 1.82) is 0 Å². The van der Waals surface area contributed by atoms with Crippen molar-refractivity contribution in [3.8, 4) is 11.1 Å². The molecule has 4 nitrogen and oxygen atoms in total. The predicted octanol–water partition coefficient (Wildman–Crippen LogP) is 4.95. The summed E-state index contributed by atoms with van der Waals surface area (Å²) in [5.74, 6) is -1.51. The maximum Gasteiger partial charge on any atom is 0.416 e. The van der Waals surface area contributed by atoms with Crippen molar-refractivity contribution in [2.45, 2.75) is 19.3 Å². The molecule has 0 saturated carbocycles. The monoisotopic (exact) mass is 404 g/mol. The number of alkyl halides is 6. The van der Waals surface area contributed by atoms with Gasteiger partial charge in [0.15, 0.2) is 0 Å². The summed E-state index contributed by atoms with van der Waals surface area (Å²) in [4.78, 5) is 7.50. The second-order valence-corrected chi connectivity index (χ2v) is 6.01. The number of benzene rings is 2. The van der Waals surface area contributed by atoms with Crippen molar-refractivity contribution in [1.82, 2.24) is 9.97 Å². The highest BCUT2D eigenvalue weighted by Crippen LogP contribution is 2.41. The number of rotatable bonds is 1. The number of nitrogens with two attached hydrogens (primary N) is 2. The molecule has 0 aliphatic rings. The Kier molecular flexibility index (Phi) is 4.36. The summed E-state index contributed by atoms with van der Waals surface area (Å²) in [5, 5.41) is 0.0802. The Morgan fingerprint density at radius 3 is 1.86 bits per heavy atom. The highest BCUT2D eigenvalue weighted by atomic mass is 19.4. The van der Waals surface area contributed by atoms with Crippen molar-refractivity contribution in [2.24, 2.45) is 0 Å². The maximum atomic E-state index is 14.7. The number of aryl methyl sites for hydroxylation is 1. The Labute approximate surface area is 153 Å². The molecule has 0 fully saturated rings. The van der Waals surface area contributed by atoms with Crippen molar-refractivity contribution in [3.63, 3.8) is 0 Å². The molecule has 0 aliphatic carbocycles. The van der Waals surface area contributed by atoms with Gasteiger partial charge < -0.3 is 11.5 Å². The van der Waals surface area contributed by atoms with Gasteiger partial charge in [0.1, 0.15) is 11.6 Å². The van der Waals surface area contributed by atoms with Gasteiger partial charge in [-0.3, -0.25) is 0 Å². The number of aromatic nitrogens is 2. The number of nitrogens with zero attached hydrogens (tertiary/aromatic N) is 2. The third kappa shape index (κ3) is 3.39. The van der Waals surface area contributed by atoms with Gasteiger partial charge in [-0.1, -0.05) is 0 Å². The minimum Gasteiger partial charge on any atom is -0.383 e. The molecular weight excluding hydrogens is 393 g/mol. The van der Waals surface area contributed by atoms with E-state index in [1.54, 1.807) is 0 Å². The molecule has 1 aromatic heterocycles. The van der Waals surface area contributed by atoms with Crippen LogP contribution in [0.3, 0.4) is 0 Å². The van der Waals surface area contributed by atoms with Crippen LogP contribution in [0.25, 0.3) is 22.0 Å². The van der Waals surface area contributed by atoms with Crippen LogP contribution in [0, 0.1) is 12.7 Å². The Hall–Kier alpha value is -3.11. The Bertz CT molecular complexity index is 1060. The first-order chi connectivity index (χ1) is 12.8. The molecule has 0 saturated heterocycles. The zero-order chi connectivity index (χ0) is 21.0. The van der Waals surface area contributed by atoms with Crippen molar-refractivity contribution in [2.75, 3.05) is 11.5 Å². The van der Waals surface area contributed by atoms with Crippen molar-refractivity contribution >= 4 is 22.7 Å². The highest BCUT2D eigenvalue weighted by molar-refractivity contribution is 5.96. The number of halogens is 7. The van der Waals surface area contributed by atoms with E-state index in [9.17, 15) is 30.7 Å². The molecule has 0 unspecified atom stereocenters. The fourth-order valence-electron chi connectivity index (χ4n) is 2.95. The molecule has 0 spiro atoms. The van der Waals surface area contributed by atoms with E-state index in [0.717, 1.165) is 6.07 Å². The van der Waals surface area contributed by atoms with Gasteiger partial charge in [0.2, 0.25) is 5.95 Å². The van der Waals surface area contributed by atoms with Crippen LogP contribution in [0.2, 0.25) is 0 Å². The fraction of sp³-hybridized carbons (Fsp3) is 0.176. The van der Waals surface area contributed by atoms with Gasteiger partial charge in [0.05, 0.1) is 16.6 Å². The van der Waals surface area contributed by atoms with E-state index in [-0.39, 0.29) is 34.3 Å². The molecular formula is C17H11F7N4. The quantitative estimate of drug-likeness (QED) is 0.563. The minimum absolute atomic E-state index is 0.0139. The number of nitrogen functional groups attached to an aromatic ring is 2. The summed E-state index contributed by atoms with van der Waals surface area (Å²) in [7, 11) is 0. The third-order valence-corrected chi connectivity index (χ3v) is 4.11. The van der Waals surface area contributed by atoms with Crippen LogP contribution >= 0.6 is 0 Å². The lowest BCUT2D eigenvalue weighted by atomic mass is 9.93. The fourth-order valence-corrected chi connectivity index (χ4v) is 2.95. The van der Waals surface area contributed by atoms with Gasteiger partial charge in [-0.2, -0.15) is 31.3 Å². The van der Waals surface area contributed by atoms with Crippen LogP contribution in [0.15, 0.2) is 24.3 Å². The molecule has 1 heterocycles. The zero-order valence-corrected chi connectivity index (χ0v) is 14.0. The van der Waals surface area contributed by atoms with Crippen LogP contribution in [-0.4, -0.2) is 9.97 Å². The molecule has 3 aromatic rings. The summed E-state index contributed by atoms with van der Waals surface area (Å²) >= 11 is 0. The Morgan fingerprint density at radius 2 is 1.36 bits per heavy atom. The minimum atomic E-state index is -5.06. The molecule has 148 valence electrons.